The fourth-order valence-electron chi connectivity index (χ4n) is 3.95. The zero-order chi connectivity index (χ0) is 25.0. The Hall–Kier alpha value is -2.37. The van der Waals surface area contributed by atoms with Crippen molar-refractivity contribution in [2.75, 3.05) is 26.7 Å². The molecule has 0 saturated carbocycles. The number of fused-ring (bicyclic) bond motifs is 1. The number of guanidine groups is 1. The summed E-state index contributed by atoms with van der Waals surface area (Å²) in [5.41, 5.74) is 14.3. The lowest BCUT2D eigenvalue weighted by Gasteiger charge is -2.18. The van der Waals surface area contributed by atoms with Gasteiger partial charge in [0.05, 0.1) is 10.9 Å². The standard InChI is InChI=1S/C22H38N6O4S/c1-13-14(2)19(15(3)16-12-22(4,5)32-18(13)16)33(30,31)28-21(24)27-9-7-8-17(23)20(29)26-11-10-25-6/h17,25H,7-12,23H2,1-6H3,(H,26,29)(H3,24,27,28)/t17-/m0/s1. The zero-order valence-corrected chi connectivity index (χ0v) is 21.3. The van der Waals surface area contributed by atoms with Crippen LogP contribution in [-0.4, -0.2) is 58.6 Å². The average molecular weight is 483 g/mol. The molecule has 1 heterocycles. The Morgan fingerprint density at radius 2 is 1.79 bits per heavy atom. The van der Waals surface area contributed by atoms with Crippen molar-refractivity contribution in [1.29, 1.82) is 0 Å². The Morgan fingerprint density at radius 3 is 2.42 bits per heavy atom. The van der Waals surface area contributed by atoms with Gasteiger partial charge >= 0.3 is 0 Å². The van der Waals surface area contributed by atoms with E-state index in [-0.39, 0.29) is 22.4 Å². The first-order valence-corrected chi connectivity index (χ1v) is 12.6. The summed E-state index contributed by atoms with van der Waals surface area (Å²) in [4.78, 5) is 12.1. The second kappa shape index (κ2) is 10.7. The van der Waals surface area contributed by atoms with Crippen molar-refractivity contribution in [1.82, 2.24) is 16.0 Å². The zero-order valence-electron chi connectivity index (χ0n) is 20.5. The fourth-order valence-corrected chi connectivity index (χ4v) is 5.42. The van der Waals surface area contributed by atoms with Crippen LogP contribution in [0.1, 0.15) is 48.9 Å². The van der Waals surface area contributed by atoms with Crippen molar-refractivity contribution in [3.05, 3.63) is 22.3 Å². The lowest BCUT2D eigenvalue weighted by Crippen LogP contribution is -2.43. The second-order valence-corrected chi connectivity index (χ2v) is 10.6. The first-order valence-electron chi connectivity index (χ1n) is 11.1. The van der Waals surface area contributed by atoms with E-state index in [0.717, 1.165) is 16.9 Å². The molecule has 0 aliphatic carbocycles. The number of rotatable bonds is 10. The molecule has 1 atom stereocenters. The molecule has 0 radical (unpaired) electrons. The molecule has 1 amide bonds. The minimum atomic E-state index is -4.03. The number of nitrogens with two attached hydrogens (primary N) is 2. The molecule has 33 heavy (non-hydrogen) atoms. The molecule has 0 bridgehead atoms. The molecule has 1 aromatic carbocycles. The van der Waals surface area contributed by atoms with E-state index in [9.17, 15) is 13.2 Å². The van der Waals surface area contributed by atoms with Gasteiger partial charge in [0.25, 0.3) is 10.0 Å². The largest absolute Gasteiger partial charge is 0.487 e. The van der Waals surface area contributed by atoms with Crippen LogP contribution in [-0.2, 0) is 21.2 Å². The molecular weight excluding hydrogens is 444 g/mol. The third-order valence-electron chi connectivity index (χ3n) is 5.78. The molecule has 10 nitrogen and oxygen atoms in total. The van der Waals surface area contributed by atoms with Crippen molar-refractivity contribution in [2.45, 2.75) is 70.4 Å². The molecule has 0 spiro atoms. The van der Waals surface area contributed by atoms with E-state index >= 15 is 0 Å². The Kier molecular flexibility index (Phi) is 8.72. The number of carbonyl (C=O) groups is 1. The molecule has 1 aromatic rings. The summed E-state index contributed by atoms with van der Waals surface area (Å²) in [5.74, 6) is 0.338. The highest BCUT2D eigenvalue weighted by Gasteiger charge is 2.36. The van der Waals surface area contributed by atoms with Crippen molar-refractivity contribution in [2.24, 2.45) is 15.9 Å². The highest BCUT2D eigenvalue weighted by Crippen LogP contribution is 2.44. The number of carbonyl (C=O) groups excluding carboxylic acids is 1. The number of ether oxygens (including phenoxy) is 1. The molecule has 7 N–H and O–H groups in total. The van der Waals surface area contributed by atoms with Gasteiger partial charge in [-0.2, -0.15) is 8.42 Å². The number of amides is 1. The number of nitrogens with zero attached hydrogens (tertiary/aromatic N) is 1. The van der Waals surface area contributed by atoms with Crippen molar-refractivity contribution >= 4 is 21.9 Å². The van der Waals surface area contributed by atoms with Gasteiger partial charge in [-0.25, -0.2) is 0 Å². The van der Waals surface area contributed by atoms with Gasteiger partial charge in [-0.1, -0.05) is 0 Å². The van der Waals surface area contributed by atoms with Gasteiger partial charge < -0.3 is 32.2 Å². The van der Waals surface area contributed by atoms with E-state index in [1.165, 1.54) is 0 Å². The van der Waals surface area contributed by atoms with Crippen LogP contribution in [0.3, 0.4) is 0 Å². The first kappa shape index (κ1) is 26.9. The maximum atomic E-state index is 13.1. The Balaban J connectivity index is 2.05. The normalized spacial score (nSPS) is 16.2. The van der Waals surface area contributed by atoms with Gasteiger partial charge in [-0.3, -0.25) is 4.79 Å². The third kappa shape index (κ3) is 6.58. The SMILES string of the molecule is CNCCNC(=O)[C@@H](N)CCCNC(N)=NS(=O)(=O)c1c(C)c(C)c2c(c1C)CC(C)(C)O2. The molecule has 1 aliphatic rings. The van der Waals surface area contributed by atoms with E-state index in [0.29, 0.717) is 50.0 Å². The monoisotopic (exact) mass is 482 g/mol. The number of benzene rings is 1. The summed E-state index contributed by atoms with van der Waals surface area (Å²) in [7, 11) is -2.23. The van der Waals surface area contributed by atoms with E-state index in [1.807, 2.05) is 20.8 Å². The average Bonchev–Trinajstić information content (AvgIpc) is 3.05. The summed E-state index contributed by atoms with van der Waals surface area (Å²) in [5, 5.41) is 8.47. The summed E-state index contributed by atoms with van der Waals surface area (Å²) in [6, 6.07) is -0.642. The lowest BCUT2D eigenvalue weighted by molar-refractivity contribution is -0.122. The second-order valence-electron chi connectivity index (χ2n) is 9.07. The van der Waals surface area contributed by atoms with Crippen LogP contribution in [0.5, 0.6) is 5.75 Å². The molecule has 11 heteroatoms. The predicted molar refractivity (Wildman–Crippen MR) is 130 cm³/mol. The van der Waals surface area contributed by atoms with Gasteiger partial charge in [0.2, 0.25) is 11.9 Å². The van der Waals surface area contributed by atoms with Crippen LogP contribution >= 0.6 is 0 Å². The minimum absolute atomic E-state index is 0.171. The molecule has 0 aromatic heterocycles. The minimum Gasteiger partial charge on any atom is -0.487 e. The summed E-state index contributed by atoms with van der Waals surface area (Å²) >= 11 is 0. The number of likely N-dealkylation sites (N-methyl/N-ethyl adjacent to an activating group) is 1. The molecule has 2 rings (SSSR count). The maximum absolute atomic E-state index is 13.1. The van der Waals surface area contributed by atoms with E-state index < -0.39 is 16.1 Å². The van der Waals surface area contributed by atoms with Crippen LogP contribution in [0.15, 0.2) is 9.29 Å². The molecule has 0 unspecified atom stereocenters. The molecule has 1 aliphatic heterocycles. The highest BCUT2D eigenvalue weighted by atomic mass is 32.2. The predicted octanol–water partition coefficient (Wildman–Crippen LogP) is 0.361. The van der Waals surface area contributed by atoms with Gasteiger partial charge in [-0.05, 0) is 71.2 Å². The smallest absolute Gasteiger partial charge is 0.286 e. The van der Waals surface area contributed by atoms with Crippen molar-refractivity contribution in [3.8, 4) is 5.75 Å². The van der Waals surface area contributed by atoms with Crippen LogP contribution in [0.25, 0.3) is 0 Å². The van der Waals surface area contributed by atoms with E-state index in [2.05, 4.69) is 20.3 Å². The van der Waals surface area contributed by atoms with Crippen LogP contribution in [0, 0.1) is 20.8 Å². The van der Waals surface area contributed by atoms with Crippen molar-refractivity contribution in [3.63, 3.8) is 0 Å². The lowest BCUT2D eigenvalue weighted by atomic mass is 9.94. The van der Waals surface area contributed by atoms with Crippen molar-refractivity contribution < 1.29 is 17.9 Å². The first-order chi connectivity index (χ1) is 15.3. The Bertz CT molecular complexity index is 1020. The molecule has 0 saturated heterocycles. The Morgan fingerprint density at radius 1 is 1.12 bits per heavy atom. The van der Waals surface area contributed by atoms with Gasteiger partial charge in [0.1, 0.15) is 11.4 Å². The summed E-state index contributed by atoms with van der Waals surface area (Å²) in [6.45, 7) is 10.9. The maximum Gasteiger partial charge on any atom is 0.286 e. The summed E-state index contributed by atoms with van der Waals surface area (Å²) in [6.07, 6.45) is 1.58. The number of hydrogen-bond acceptors (Lipinski definition) is 6. The van der Waals surface area contributed by atoms with Gasteiger partial charge in [0, 0.05) is 31.6 Å². The summed E-state index contributed by atoms with van der Waals surface area (Å²) < 4.78 is 36.1. The molecular formula is C22H38N6O4S. The Labute approximate surface area is 197 Å². The number of sulfonamides is 1. The molecule has 186 valence electrons. The number of hydrogen-bond donors (Lipinski definition) is 5. The fraction of sp³-hybridized carbons (Fsp3) is 0.636. The van der Waals surface area contributed by atoms with E-state index in [1.54, 1.807) is 20.9 Å². The van der Waals surface area contributed by atoms with Crippen LogP contribution in [0.2, 0.25) is 0 Å². The molecule has 0 fully saturated rings. The van der Waals surface area contributed by atoms with Gasteiger partial charge in [-0.15, -0.1) is 4.40 Å². The van der Waals surface area contributed by atoms with Crippen LogP contribution < -0.4 is 32.2 Å². The number of nitrogens with one attached hydrogen (secondary N) is 3. The highest BCUT2D eigenvalue weighted by molar-refractivity contribution is 7.90. The quantitative estimate of drug-likeness (QED) is 0.181. The topological polar surface area (TPSA) is 161 Å². The van der Waals surface area contributed by atoms with Crippen LogP contribution in [0.4, 0.5) is 0 Å². The van der Waals surface area contributed by atoms with Gasteiger partial charge in [0.15, 0.2) is 0 Å². The van der Waals surface area contributed by atoms with E-state index in [4.69, 9.17) is 16.2 Å². The third-order valence-corrected chi connectivity index (χ3v) is 7.34.